The SMILES string of the molecule is CC(=O)Nc1nnc(S(=O)(=O)NCCCc2ccc(O)cc2)s1. The number of hydrogen-bond acceptors (Lipinski definition) is 7. The molecule has 10 heteroatoms. The maximum atomic E-state index is 12.0. The number of rotatable bonds is 7. The molecule has 0 spiro atoms. The van der Waals surface area contributed by atoms with Crippen molar-refractivity contribution in [3.05, 3.63) is 29.8 Å². The van der Waals surface area contributed by atoms with E-state index >= 15 is 0 Å². The van der Waals surface area contributed by atoms with E-state index in [1.165, 1.54) is 6.92 Å². The fourth-order valence-electron chi connectivity index (χ4n) is 1.74. The van der Waals surface area contributed by atoms with Crippen molar-refractivity contribution in [3.8, 4) is 5.75 Å². The number of sulfonamides is 1. The lowest BCUT2D eigenvalue weighted by molar-refractivity contribution is -0.114. The summed E-state index contributed by atoms with van der Waals surface area (Å²) in [5.74, 6) is -0.146. The number of phenols is 1. The Kier molecular flexibility index (Phi) is 5.64. The Morgan fingerprint density at radius 2 is 1.96 bits per heavy atom. The van der Waals surface area contributed by atoms with Gasteiger partial charge in [0.15, 0.2) is 0 Å². The van der Waals surface area contributed by atoms with E-state index in [2.05, 4.69) is 20.2 Å². The summed E-state index contributed by atoms with van der Waals surface area (Å²) in [6.07, 6.45) is 1.28. The number of amides is 1. The molecule has 2 aromatic rings. The topological polar surface area (TPSA) is 121 Å². The van der Waals surface area contributed by atoms with Crippen LogP contribution in [0.5, 0.6) is 5.75 Å². The van der Waals surface area contributed by atoms with Crippen molar-refractivity contribution in [3.63, 3.8) is 0 Å². The number of nitrogens with one attached hydrogen (secondary N) is 2. The summed E-state index contributed by atoms with van der Waals surface area (Å²) in [4.78, 5) is 10.9. The van der Waals surface area contributed by atoms with Gasteiger partial charge in [-0.15, -0.1) is 10.2 Å². The van der Waals surface area contributed by atoms with E-state index in [0.717, 1.165) is 16.9 Å². The molecule has 3 N–H and O–H groups in total. The number of aryl methyl sites for hydroxylation is 1. The van der Waals surface area contributed by atoms with Crippen LogP contribution in [-0.4, -0.2) is 36.2 Å². The van der Waals surface area contributed by atoms with Crippen LogP contribution in [0.25, 0.3) is 0 Å². The van der Waals surface area contributed by atoms with Crippen LogP contribution in [0.2, 0.25) is 0 Å². The Morgan fingerprint density at radius 3 is 2.61 bits per heavy atom. The van der Waals surface area contributed by atoms with E-state index in [9.17, 15) is 18.3 Å². The minimum atomic E-state index is -3.73. The van der Waals surface area contributed by atoms with Gasteiger partial charge in [-0.05, 0) is 30.5 Å². The third-order valence-electron chi connectivity index (χ3n) is 2.79. The number of hydrogen-bond donors (Lipinski definition) is 3. The van der Waals surface area contributed by atoms with Gasteiger partial charge in [-0.1, -0.05) is 23.5 Å². The fourth-order valence-corrected chi connectivity index (χ4v) is 3.80. The number of carbonyl (C=O) groups is 1. The molecular weight excluding hydrogens is 340 g/mol. The molecule has 1 aromatic carbocycles. The zero-order valence-electron chi connectivity index (χ0n) is 12.3. The number of aromatic hydroxyl groups is 1. The first kappa shape index (κ1) is 17.3. The van der Waals surface area contributed by atoms with Gasteiger partial charge in [0, 0.05) is 13.5 Å². The first-order chi connectivity index (χ1) is 10.9. The van der Waals surface area contributed by atoms with Gasteiger partial charge in [0.05, 0.1) is 0 Å². The van der Waals surface area contributed by atoms with Gasteiger partial charge in [-0.25, -0.2) is 13.1 Å². The smallest absolute Gasteiger partial charge is 0.269 e. The molecule has 0 aliphatic heterocycles. The molecule has 124 valence electrons. The first-order valence-corrected chi connectivity index (χ1v) is 9.05. The summed E-state index contributed by atoms with van der Waals surface area (Å²) in [6.45, 7) is 1.55. The summed E-state index contributed by atoms with van der Waals surface area (Å²) >= 11 is 0.792. The van der Waals surface area contributed by atoms with Gasteiger partial charge < -0.3 is 10.4 Å². The quantitative estimate of drug-likeness (QED) is 0.505. The highest BCUT2D eigenvalue weighted by atomic mass is 32.2. The molecule has 0 atom stereocenters. The number of anilines is 1. The van der Waals surface area contributed by atoms with Crippen LogP contribution >= 0.6 is 11.3 Å². The van der Waals surface area contributed by atoms with Crippen LogP contribution in [0, 0.1) is 0 Å². The Morgan fingerprint density at radius 1 is 1.26 bits per heavy atom. The first-order valence-electron chi connectivity index (χ1n) is 6.75. The van der Waals surface area contributed by atoms with Crippen molar-refractivity contribution < 1.29 is 18.3 Å². The summed E-state index contributed by atoms with van der Waals surface area (Å²) in [6, 6.07) is 6.75. The van der Waals surface area contributed by atoms with Crippen LogP contribution in [0.3, 0.4) is 0 Å². The van der Waals surface area contributed by atoms with Gasteiger partial charge >= 0.3 is 0 Å². The van der Waals surface area contributed by atoms with Crippen molar-refractivity contribution in [1.29, 1.82) is 0 Å². The maximum Gasteiger partial charge on any atom is 0.269 e. The van der Waals surface area contributed by atoms with Gasteiger partial charge in [-0.3, -0.25) is 4.79 Å². The van der Waals surface area contributed by atoms with Gasteiger partial charge in [0.2, 0.25) is 15.4 Å². The minimum Gasteiger partial charge on any atom is -0.508 e. The summed E-state index contributed by atoms with van der Waals surface area (Å²) in [5.41, 5.74) is 1.01. The summed E-state index contributed by atoms with van der Waals surface area (Å²) < 4.78 is 26.3. The molecule has 8 nitrogen and oxygen atoms in total. The number of benzene rings is 1. The Bertz CT molecular complexity index is 772. The summed E-state index contributed by atoms with van der Waals surface area (Å²) in [5, 5.41) is 18.9. The second-order valence-electron chi connectivity index (χ2n) is 4.72. The Balaban J connectivity index is 1.85. The maximum absolute atomic E-state index is 12.0. The number of nitrogens with zero attached hydrogens (tertiary/aromatic N) is 2. The molecular formula is C13H16N4O4S2. The third-order valence-corrected chi connectivity index (χ3v) is 5.46. The van der Waals surface area contributed by atoms with E-state index in [0.29, 0.717) is 12.8 Å². The van der Waals surface area contributed by atoms with Crippen LogP contribution < -0.4 is 10.0 Å². The molecule has 0 aliphatic carbocycles. The molecule has 1 amide bonds. The normalized spacial score (nSPS) is 11.3. The second kappa shape index (κ2) is 7.49. The van der Waals surface area contributed by atoms with Crippen molar-refractivity contribution in [2.24, 2.45) is 0 Å². The van der Waals surface area contributed by atoms with E-state index in [-0.39, 0.29) is 27.7 Å². The fraction of sp³-hybridized carbons (Fsp3) is 0.308. The molecule has 0 fully saturated rings. The molecule has 0 saturated heterocycles. The van der Waals surface area contributed by atoms with Crippen molar-refractivity contribution >= 4 is 32.4 Å². The highest BCUT2D eigenvalue weighted by Gasteiger charge is 2.19. The highest BCUT2D eigenvalue weighted by Crippen LogP contribution is 2.19. The van der Waals surface area contributed by atoms with E-state index in [4.69, 9.17) is 0 Å². The van der Waals surface area contributed by atoms with Gasteiger partial charge in [0.25, 0.3) is 10.0 Å². The predicted octanol–water partition coefficient (Wildman–Crippen LogP) is 1.11. The van der Waals surface area contributed by atoms with Crippen LogP contribution in [-0.2, 0) is 21.2 Å². The minimum absolute atomic E-state index is 0.141. The average molecular weight is 356 g/mol. The number of aromatic nitrogens is 2. The Labute approximate surface area is 137 Å². The van der Waals surface area contributed by atoms with Gasteiger partial charge in [-0.2, -0.15) is 0 Å². The molecule has 23 heavy (non-hydrogen) atoms. The molecule has 1 heterocycles. The second-order valence-corrected chi connectivity index (χ2v) is 7.64. The van der Waals surface area contributed by atoms with Crippen LogP contribution in [0.15, 0.2) is 28.6 Å². The van der Waals surface area contributed by atoms with Crippen molar-refractivity contribution in [2.45, 2.75) is 24.1 Å². The molecule has 0 saturated carbocycles. The molecule has 2 rings (SSSR count). The van der Waals surface area contributed by atoms with E-state index in [1.807, 2.05) is 0 Å². The average Bonchev–Trinajstić information content (AvgIpc) is 2.94. The van der Waals surface area contributed by atoms with Crippen molar-refractivity contribution in [1.82, 2.24) is 14.9 Å². The molecule has 0 aliphatic rings. The zero-order chi connectivity index (χ0) is 16.9. The highest BCUT2D eigenvalue weighted by molar-refractivity contribution is 7.91. The molecule has 0 unspecified atom stereocenters. The van der Waals surface area contributed by atoms with E-state index < -0.39 is 10.0 Å². The van der Waals surface area contributed by atoms with Crippen LogP contribution in [0.4, 0.5) is 5.13 Å². The van der Waals surface area contributed by atoms with Gasteiger partial charge in [0.1, 0.15) is 5.75 Å². The standard InChI is InChI=1S/C13H16N4O4S2/c1-9(18)15-12-16-17-13(22-12)23(20,21)14-8-2-3-10-4-6-11(19)7-5-10/h4-7,14,19H,2-3,8H2,1H3,(H,15,16,18). The van der Waals surface area contributed by atoms with Crippen molar-refractivity contribution in [2.75, 3.05) is 11.9 Å². The molecule has 0 bridgehead atoms. The predicted molar refractivity (Wildman–Crippen MR) is 85.8 cm³/mol. The summed E-state index contributed by atoms with van der Waals surface area (Å²) in [7, 11) is -3.73. The number of phenolic OH excluding ortho intramolecular Hbond substituents is 1. The monoisotopic (exact) mass is 356 g/mol. The third kappa shape index (κ3) is 5.27. The lowest BCUT2D eigenvalue weighted by Gasteiger charge is -2.04. The van der Waals surface area contributed by atoms with Crippen LogP contribution in [0.1, 0.15) is 18.9 Å². The zero-order valence-corrected chi connectivity index (χ0v) is 13.9. The Hall–Kier alpha value is -2.04. The molecule has 0 radical (unpaired) electrons. The van der Waals surface area contributed by atoms with E-state index in [1.54, 1.807) is 24.3 Å². The lowest BCUT2D eigenvalue weighted by atomic mass is 10.1. The molecule has 1 aromatic heterocycles. The lowest BCUT2D eigenvalue weighted by Crippen LogP contribution is -2.25. The number of carbonyl (C=O) groups excluding carboxylic acids is 1. The largest absolute Gasteiger partial charge is 0.508 e.